The second-order valence-corrected chi connectivity index (χ2v) is 5.70. The van der Waals surface area contributed by atoms with Crippen LogP contribution in [0.2, 0.25) is 0 Å². The van der Waals surface area contributed by atoms with Crippen molar-refractivity contribution in [2.24, 2.45) is 11.5 Å². The highest BCUT2D eigenvalue weighted by atomic mass is 16.2. The molecule has 24 heavy (non-hydrogen) atoms. The summed E-state index contributed by atoms with van der Waals surface area (Å²) in [4.78, 5) is 47.1. The van der Waals surface area contributed by atoms with E-state index in [9.17, 15) is 19.2 Å². The molecule has 2 rings (SSSR count). The third-order valence-corrected chi connectivity index (χ3v) is 4.09. The number of carbonyl (C=O) groups is 4. The van der Waals surface area contributed by atoms with Gasteiger partial charge in [0.1, 0.15) is 11.7 Å². The van der Waals surface area contributed by atoms with E-state index < -0.39 is 11.8 Å². The Kier molecular flexibility index (Phi) is 7.41. The topological polar surface area (TPSA) is 127 Å². The van der Waals surface area contributed by atoms with Crippen molar-refractivity contribution in [3.05, 3.63) is 11.8 Å². The standard InChI is InChI=1S/C8H14N2O2.C8H12N2O2/c2*1-2-6(8(9)12)10-5-3-4-7(10)11/h6H,2-5H2,1H3,(H2,9,12);2H,3-5H2,1H3,(H2,9,12)/b;6-2-. The Morgan fingerprint density at radius 2 is 1.71 bits per heavy atom. The van der Waals surface area contributed by atoms with Crippen molar-refractivity contribution in [1.82, 2.24) is 9.80 Å². The van der Waals surface area contributed by atoms with E-state index in [0.717, 1.165) is 12.8 Å². The summed E-state index contributed by atoms with van der Waals surface area (Å²) in [5.41, 5.74) is 10.6. The highest BCUT2D eigenvalue weighted by Crippen LogP contribution is 2.16. The lowest BCUT2D eigenvalue weighted by atomic mass is 10.2. The molecule has 2 fully saturated rings. The molecule has 134 valence electrons. The van der Waals surface area contributed by atoms with Gasteiger partial charge in [-0.2, -0.15) is 0 Å². The molecule has 0 spiro atoms. The summed E-state index contributed by atoms with van der Waals surface area (Å²) in [6.07, 6.45) is 4.92. The van der Waals surface area contributed by atoms with Crippen LogP contribution in [0.15, 0.2) is 11.8 Å². The molecule has 0 aliphatic carbocycles. The molecule has 2 aliphatic heterocycles. The zero-order valence-corrected chi connectivity index (χ0v) is 14.3. The quantitative estimate of drug-likeness (QED) is 0.677. The smallest absolute Gasteiger partial charge is 0.265 e. The summed E-state index contributed by atoms with van der Waals surface area (Å²) in [5.74, 6) is -0.886. The highest BCUT2D eigenvalue weighted by molar-refractivity contribution is 5.96. The van der Waals surface area contributed by atoms with Crippen LogP contribution < -0.4 is 11.5 Å². The molecule has 1 unspecified atom stereocenters. The van der Waals surface area contributed by atoms with Crippen molar-refractivity contribution < 1.29 is 19.2 Å². The Labute approximate surface area is 141 Å². The fourth-order valence-corrected chi connectivity index (χ4v) is 2.91. The van der Waals surface area contributed by atoms with Crippen LogP contribution in [-0.2, 0) is 19.2 Å². The second kappa shape index (κ2) is 9.05. The molecule has 1 atom stereocenters. The van der Waals surface area contributed by atoms with Crippen molar-refractivity contribution in [1.29, 1.82) is 0 Å². The average molecular weight is 338 g/mol. The zero-order chi connectivity index (χ0) is 18.3. The van der Waals surface area contributed by atoms with Crippen LogP contribution in [0.1, 0.15) is 46.0 Å². The number of primary amides is 2. The van der Waals surface area contributed by atoms with Gasteiger partial charge in [0.2, 0.25) is 17.7 Å². The maximum Gasteiger partial charge on any atom is 0.265 e. The summed E-state index contributed by atoms with van der Waals surface area (Å²) >= 11 is 0. The first-order valence-electron chi connectivity index (χ1n) is 8.18. The molecule has 4 amide bonds. The first-order valence-corrected chi connectivity index (χ1v) is 8.18. The molecule has 2 aliphatic rings. The molecule has 0 saturated carbocycles. The maximum atomic E-state index is 11.2. The molecule has 0 bridgehead atoms. The Morgan fingerprint density at radius 1 is 1.12 bits per heavy atom. The lowest BCUT2D eigenvalue weighted by molar-refractivity contribution is -0.136. The molecule has 8 nitrogen and oxygen atoms in total. The number of carbonyl (C=O) groups excluding carboxylic acids is 4. The predicted octanol–water partition coefficient (Wildman–Crippen LogP) is -0.129. The van der Waals surface area contributed by atoms with Crippen molar-refractivity contribution in [2.75, 3.05) is 13.1 Å². The van der Waals surface area contributed by atoms with Crippen molar-refractivity contribution in [2.45, 2.75) is 52.0 Å². The minimum atomic E-state index is -0.534. The van der Waals surface area contributed by atoms with Gasteiger partial charge in [0.15, 0.2) is 0 Å². The van der Waals surface area contributed by atoms with Gasteiger partial charge in [-0.25, -0.2) is 0 Å². The van der Waals surface area contributed by atoms with Gasteiger partial charge in [-0.15, -0.1) is 0 Å². The van der Waals surface area contributed by atoms with Crippen LogP contribution in [0.4, 0.5) is 0 Å². The van der Waals surface area contributed by atoms with Crippen LogP contribution in [0.25, 0.3) is 0 Å². The number of hydrogen-bond acceptors (Lipinski definition) is 4. The second-order valence-electron chi connectivity index (χ2n) is 5.70. The fourth-order valence-electron chi connectivity index (χ4n) is 2.91. The van der Waals surface area contributed by atoms with Crippen molar-refractivity contribution >= 4 is 23.6 Å². The van der Waals surface area contributed by atoms with Gasteiger partial charge < -0.3 is 21.3 Å². The molecule has 2 saturated heterocycles. The molecule has 0 radical (unpaired) electrons. The minimum absolute atomic E-state index is 0.0121. The molecule has 0 aromatic heterocycles. The lowest BCUT2D eigenvalue weighted by Gasteiger charge is -2.23. The molecular formula is C16H26N4O4. The van der Waals surface area contributed by atoms with Crippen LogP contribution in [0, 0.1) is 0 Å². The van der Waals surface area contributed by atoms with Gasteiger partial charge >= 0.3 is 0 Å². The minimum Gasteiger partial charge on any atom is -0.368 e. The van der Waals surface area contributed by atoms with E-state index >= 15 is 0 Å². The third-order valence-electron chi connectivity index (χ3n) is 4.09. The van der Waals surface area contributed by atoms with Gasteiger partial charge in [0.05, 0.1) is 0 Å². The van der Waals surface area contributed by atoms with Crippen molar-refractivity contribution in [3.8, 4) is 0 Å². The molecule has 2 heterocycles. The van der Waals surface area contributed by atoms with Crippen LogP contribution in [-0.4, -0.2) is 52.6 Å². The summed E-state index contributed by atoms with van der Waals surface area (Å²) in [5, 5.41) is 0. The molecule has 8 heteroatoms. The lowest BCUT2D eigenvalue weighted by Crippen LogP contribution is -2.44. The van der Waals surface area contributed by atoms with E-state index in [1.165, 1.54) is 4.90 Å². The van der Waals surface area contributed by atoms with E-state index in [1.54, 1.807) is 17.9 Å². The van der Waals surface area contributed by atoms with E-state index in [1.807, 2.05) is 6.92 Å². The van der Waals surface area contributed by atoms with Crippen LogP contribution >= 0.6 is 0 Å². The van der Waals surface area contributed by atoms with E-state index in [0.29, 0.717) is 38.0 Å². The first-order chi connectivity index (χ1) is 11.3. The van der Waals surface area contributed by atoms with Gasteiger partial charge in [0.25, 0.3) is 5.91 Å². The highest BCUT2D eigenvalue weighted by Gasteiger charge is 2.29. The average Bonchev–Trinajstić information content (AvgIpc) is 3.11. The summed E-state index contributed by atoms with van der Waals surface area (Å²) < 4.78 is 0. The fraction of sp³-hybridized carbons (Fsp3) is 0.625. The number of nitrogens with two attached hydrogens (primary N) is 2. The van der Waals surface area contributed by atoms with Gasteiger partial charge in [-0.05, 0) is 26.2 Å². The first kappa shape index (κ1) is 19.7. The Bertz CT molecular complexity index is 544. The maximum absolute atomic E-state index is 11.2. The Balaban J connectivity index is 0.000000240. The molecule has 0 aromatic rings. The molecule has 4 N–H and O–H groups in total. The third kappa shape index (κ3) is 4.81. The SMILES string of the molecule is C/C=C(/C(N)=O)N1CCCC1=O.CCC(C(N)=O)N1CCCC1=O. The Hall–Kier alpha value is -2.38. The largest absolute Gasteiger partial charge is 0.368 e. The predicted molar refractivity (Wildman–Crippen MR) is 88.1 cm³/mol. The van der Waals surface area contributed by atoms with Gasteiger partial charge in [-0.3, -0.25) is 19.2 Å². The normalized spacial score (nSPS) is 19.2. The number of amides is 4. The summed E-state index contributed by atoms with van der Waals surface area (Å²) in [6, 6.07) is -0.389. The zero-order valence-electron chi connectivity index (χ0n) is 14.3. The van der Waals surface area contributed by atoms with Crippen molar-refractivity contribution in [3.63, 3.8) is 0 Å². The number of hydrogen-bond donors (Lipinski definition) is 2. The summed E-state index contributed by atoms with van der Waals surface area (Å²) in [6.45, 7) is 4.86. The van der Waals surface area contributed by atoms with Crippen LogP contribution in [0.3, 0.4) is 0 Å². The number of rotatable bonds is 5. The number of nitrogens with zero attached hydrogens (tertiary/aromatic N) is 2. The van der Waals surface area contributed by atoms with E-state index in [2.05, 4.69) is 0 Å². The van der Waals surface area contributed by atoms with Gasteiger partial charge in [0, 0.05) is 25.9 Å². The summed E-state index contributed by atoms with van der Waals surface area (Å²) in [7, 11) is 0. The monoisotopic (exact) mass is 338 g/mol. The number of likely N-dealkylation sites (tertiary alicyclic amines) is 2. The molecule has 0 aromatic carbocycles. The van der Waals surface area contributed by atoms with Gasteiger partial charge in [-0.1, -0.05) is 13.0 Å². The van der Waals surface area contributed by atoms with Crippen LogP contribution in [0.5, 0.6) is 0 Å². The molecular weight excluding hydrogens is 312 g/mol. The number of allylic oxidation sites excluding steroid dienone is 1. The van der Waals surface area contributed by atoms with E-state index in [-0.39, 0.29) is 17.9 Å². The Morgan fingerprint density at radius 3 is 2.04 bits per heavy atom. The van der Waals surface area contributed by atoms with E-state index in [4.69, 9.17) is 11.5 Å².